The van der Waals surface area contributed by atoms with Crippen LogP contribution in [0.15, 0.2) is 67.0 Å². The maximum absolute atomic E-state index is 8.83. The van der Waals surface area contributed by atoms with Crippen molar-refractivity contribution in [2.24, 2.45) is 0 Å². The molecule has 1 unspecified atom stereocenters. The number of nitrogens with zero attached hydrogens (tertiary/aromatic N) is 3. The van der Waals surface area contributed by atoms with Crippen LogP contribution in [-0.4, -0.2) is 52.9 Å². The standard InChI is InChI=1S/C29H33N3O5/c33-12-16-34-13-6-15-35-24-10-11-27-26(18-24)29(31-32(27)28-9-4-5-14-36-28)23-17-25(20-30-19-23)37-21-22-7-2-1-3-8-22/h1-3,7-8,10-11,17-20,28,33H,4-6,9,12-16,21H2. The molecule has 1 aliphatic heterocycles. The van der Waals surface area contributed by atoms with Crippen molar-refractivity contribution in [1.82, 2.24) is 14.8 Å². The zero-order chi connectivity index (χ0) is 25.3. The molecule has 37 heavy (non-hydrogen) atoms. The Kier molecular flexibility index (Phi) is 8.63. The molecule has 0 aliphatic carbocycles. The maximum Gasteiger partial charge on any atom is 0.150 e. The molecule has 8 heteroatoms. The summed E-state index contributed by atoms with van der Waals surface area (Å²) in [6.45, 7) is 2.66. The van der Waals surface area contributed by atoms with Crippen LogP contribution < -0.4 is 9.47 Å². The molecule has 8 nitrogen and oxygen atoms in total. The predicted molar refractivity (Wildman–Crippen MR) is 141 cm³/mol. The van der Waals surface area contributed by atoms with E-state index in [1.807, 2.05) is 65.5 Å². The molecule has 1 N–H and O–H groups in total. The molecular weight excluding hydrogens is 470 g/mol. The molecule has 2 aromatic heterocycles. The minimum absolute atomic E-state index is 0.0301. The fourth-order valence-electron chi connectivity index (χ4n) is 4.45. The molecule has 5 rings (SSSR count). The number of rotatable bonds is 12. The van der Waals surface area contributed by atoms with E-state index in [-0.39, 0.29) is 12.8 Å². The van der Waals surface area contributed by atoms with Crippen molar-refractivity contribution in [2.75, 3.05) is 33.0 Å². The highest BCUT2D eigenvalue weighted by Gasteiger charge is 2.22. The molecular formula is C29H33N3O5. The highest BCUT2D eigenvalue weighted by Crippen LogP contribution is 2.35. The SMILES string of the molecule is OCCOCCCOc1ccc2c(c1)c(-c1cncc(OCc3ccccc3)c1)nn2C1CCCCO1. The summed E-state index contributed by atoms with van der Waals surface area (Å²) in [5.41, 5.74) is 3.79. The quantitative estimate of drug-likeness (QED) is 0.267. The summed E-state index contributed by atoms with van der Waals surface area (Å²) in [6.07, 6.45) is 7.31. The summed E-state index contributed by atoms with van der Waals surface area (Å²) in [4.78, 5) is 4.44. The first-order valence-corrected chi connectivity index (χ1v) is 12.9. The summed E-state index contributed by atoms with van der Waals surface area (Å²) < 4.78 is 25.4. The lowest BCUT2D eigenvalue weighted by Crippen LogP contribution is -2.19. The van der Waals surface area contributed by atoms with Gasteiger partial charge in [-0.2, -0.15) is 5.10 Å². The second-order valence-electron chi connectivity index (χ2n) is 9.01. The van der Waals surface area contributed by atoms with Gasteiger partial charge in [-0.1, -0.05) is 30.3 Å². The van der Waals surface area contributed by atoms with Crippen molar-refractivity contribution in [2.45, 2.75) is 38.5 Å². The minimum Gasteiger partial charge on any atom is -0.493 e. The van der Waals surface area contributed by atoms with Gasteiger partial charge in [-0.3, -0.25) is 4.98 Å². The van der Waals surface area contributed by atoms with Crippen molar-refractivity contribution in [3.05, 3.63) is 72.6 Å². The molecule has 1 saturated heterocycles. The van der Waals surface area contributed by atoms with Gasteiger partial charge in [0.2, 0.25) is 0 Å². The molecule has 194 valence electrons. The molecule has 1 atom stereocenters. The number of benzene rings is 2. The normalized spacial score (nSPS) is 15.6. The lowest BCUT2D eigenvalue weighted by Gasteiger charge is -2.23. The van der Waals surface area contributed by atoms with Crippen LogP contribution in [0.2, 0.25) is 0 Å². The van der Waals surface area contributed by atoms with Gasteiger partial charge in [0.25, 0.3) is 0 Å². The van der Waals surface area contributed by atoms with Gasteiger partial charge in [-0.15, -0.1) is 0 Å². The van der Waals surface area contributed by atoms with Gasteiger partial charge >= 0.3 is 0 Å². The fraction of sp³-hybridized carbons (Fsp3) is 0.379. The lowest BCUT2D eigenvalue weighted by atomic mass is 10.1. The number of hydrogen-bond donors (Lipinski definition) is 1. The Hall–Kier alpha value is -3.46. The Balaban J connectivity index is 1.40. The molecule has 0 radical (unpaired) electrons. The van der Waals surface area contributed by atoms with Gasteiger partial charge < -0.3 is 24.1 Å². The average Bonchev–Trinajstić information content (AvgIpc) is 3.34. The molecule has 3 heterocycles. The van der Waals surface area contributed by atoms with Crippen LogP contribution in [0.1, 0.15) is 37.5 Å². The largest absolute Gasteiger partial charge is 0.493 e. The molecule has 0 bridgehead atoms. The maximum atomic E-state index is 8.83. The topological polar surface area (TPSA) is 87.9 Å². The number of fused-ring (bicyclic) bond motifs is 1. The Labute approximate surface area is 216 Å². The van der Waals surface area contributed by atoms with E-state index < -0.39 is 0 Å². The van der Waals surface area contributed by atoms with E-state index in [4.69, 9.17) is 29.2 Å². The number of hydrogen-bond acceptors (Lipinski definition) is 7. The monoisotopic (exact) mass is 503 g/mol. The lowest BCUT2D eigenvalue weighted by molar-refractivity contribution is -0.0365. The van der Waals surface area contributed by atoms with E-state index in [9.17, 15) is 0 Å². The third-order valence-electron chi connectivity index (χ3n) is 6.28. The van der Waals surface area contributed by atoms with Crippen LogP contribution in [0.3, 0.4) is 0 Å². The first kappa shape index (κ1) is 25.2. The van der Waals surface area contributed by atoms with E-state index >= 15 is 0 Å². The highest BCUT2D eigenvalue weighted by molar-refractivity contribution is 5.94. The number of ether oxygens (including phenoxy) is 4. The van der Waals surface area contributed by atoms with E-state index in [1.165, 1.54) is 0 Å². The summed E-state index contributed by atoms with van der Waals surface area (Å²) in [6, 6.07) is 18.1. The van der Waals surface area contributed by atoms with Gasteiger partial charge in [0, 0.05) is 36.8 Å². The molecule has 0 spiro atoms. The number of aliphatic hydroxyl groups is 1. The molecule has 2 aromatic carbocycles. The second-order valence-corrected chi connectivity index (χ2v) is 9.01. The predicted octanol–water partition coefficient (Wildman–Crippen LogP) is 5.15. The number of pyridine rings is 1. The fourth-order valence-corrected chi connectivity index (χ4v) is 4.45. The van der Waals surface area contributed by atoms with Crippen LogP contribution in [0.5, 0.6) is 11.5 Å². The van der Waals surface area contributed by atoms with Crippen LogP contribution in [0.4, 0.5) is 0 Å². The van der Waals surface area contributed by atoms with Gasteiger partial charge in [-0.05, 0) is 49.1 Å². The van der Waals surface area contributed by atoms with Crippen LogP contribution in [0, 0.1) is 0 Å². The van der Waals surface area contributed by atoms with E-state index in [0.717, 1.165) is 65.8 Å². The summed E-state index contributed by atoms with van der Waals surface area (Å²) >= 11 is 0. The molecule has 0 saturated carbocycles. The van der Waals surface area contributed by atoms with Crippen molar-refractivity contribution in [1.29, 1.82) is 0 Å². The van der Waals surface area contributed by atoms with Crippen LogP contribution >= 0.6 is 0 Å². The zero-order valence-electron chi connectivity index (χ0n) is 20.9. The number of aromatic nitrogens is 3. The minimum atomic E-state index is -0.0917. The Morgan fingerprint density at radius 3 is 2.70 bits per heavy atom. The van der Waals surface area contributed by atoms with Crippen molar-refractivity contribution in [3.63, 3.8) is 0 Å². The summed E-state index contributed by atoms with van der Waals surface area (Å²) in [7, 11) is 0. The Bertz CT molecular complexity index is 1270. The first-order chi connectivity index (χ1) is 18.3. The molecule has 4 aromatic rings. The van der Waals surface area contributed by atoms with Crippen LogP contribution in [-0.2, 0) is 16.1 Å². The van der Waals surface area contributed by atoms with Crippen molar-refractivity contribution in [3.8, 4) is 22.8 Å². The van der Waals surface area contributed by atoms with Crippen molar-refractivity contribution < 1.29 is 24.1 Å². The van der Waals surface area contributed by atoms with Crippen LogP contribution in [0.25, 0.3) is 22.2 Å². The smallest absolute Gasteiger partial charge is 0.150 e. The zero-order valence-corrected chi connectivity index (χ0v) is 20.9. The van der Waals surface area contributed by atoms with E-state index in [0.29, 0.717) is 32.2 Å². The van der Waals surface area contributed by atoms with E-state index in [1.54, 1.807) is 6.20 Å². The molecule has 1 aliphatic rings. The van der Waals surface area contributed by atoms with E-state index in [2.05, 4.69) is 4.98 Å². The Morgan fingerprint density at radius 1 is 0.946 bits per heavy atom. The molecule has 1 fully saturated rings. The highest BCUT2D eigenvalue weighted by atomic mass is 16.5. The third kappa shape index (κ3) is 6.46. The summed E-state index contributed by atoms with van der Waals surface area (Å²) in [5, 5.41) is 14.8. The number of aliphatic hydroxyl groups excluding tert-OH is 1. The molecule has 0 amide bonds. The van der Waals surface area contributed by atoms with Crippen molar-refractivity contribution >= 4 is 10.9 Å². The second kappa shape index (κ2) is 12.7. The Morgan fingerprint density at radius 2 is 1.86 bits per heavy atom. The van der Waals surface area contributed by atoms with Gasteiger partial charge in [-0.25, -0.2) is 4.68 Å². The summed E-state index contributed by atoms with van der Waals surface area (Å²) in [5.74, 6) is 1.46. The third-order valence-corrected chi connectivity index (χ3v) is 6.28. The van der Waals surface area contributed by atoms with Gasteiger partial charge in [0.05, 0.1) is 31.5 Å². The average molecular weight is 504 g/mol. The van der Waals surface area contributed by atoms with Gasteiger partial charge in [0.1, 0.15) is 23.8 Å². The van der Waals surface area contributed by atoms with Gasteiger partial charge in [0.15, 0.2) is 6.23 Å². The first-order valence-electron chi connectivity index (χ1n) is 12.9.